The second-order valence-electron chi connectivity index (χ2n) is 6.68. The van der Waals surface area contributed by atoms with Crippen LogP contribution >= 0.6 is 0 Å². The van der Waals surface area contributed by atoms with Crippen LogP contribution in [0.5, 0.6) is 5.75 Å². The molecule has 0 saturated heterocycles. The summed E-state index contributed by atoms with van der Waals surface area (Å²) in [5, 5.41) is 2.95. The number of nitrogens with one attached hydrogen (secondary N) is 1. The number of amides is 1. The van der Waals surface area contributed by atoms with Gasteiger partial charge in [0.05, 0.1) is 18.7 Å². The van der Waals surface area contributed by atoms with Crippen LogP contribution < -0.4 is 10.1 Å². The average Bonchev–Trinajstić information content (AvgIpc) is 2.54. The molecule has 0 spiro atoms. The highest BCUT2D eigenvalue weighted by atomic mass is 16.5. The van der Waals surface area contributed by atoms with Gasteiger partial charge in [0.15, 0.2) is 0 Å². The van der Waals surface area contributed by atoms with E-state index in [-0.39, 0.29) is 11.3 Å². The lowest BCUT2D eigenvalue weighted by Gasteiger charge is -2.21. The molecule has 0 aliphatic rings. The van der Waals surface area contributed by atoms with Crippen LogP contribution in [0.3, 0.4) is 0 Å². The Kier molecular flexibility index (Phi) is 5.90. The fraction of sp³-hybridized carbons (Fsp3) is 0.421. The zero-order valence-corrected chi connectivity index (χ0v) is 14.8. The Morgan fingerprint density at radius 2 is 1.92 bits per heavy atom. The Morgan fingerprint density at radius 1 is 1.21 bits per heavy atom. The van der Waals surface area contributed by atoms with Gasteiger partial charge < -0.3 is 10.1 Å². The number of ether oxygens (including phenoxy) is 1. The van der Waals surface area contributed by atoms with Crippen LogP contribution in [0.2, 0.25) is 0 Å². The molecule has 1 amide bonds. The van der Waals surface area contributed by atoms with E-state index in [1.54, 1.807) is 12.5 Å². The van der Waals surface area contributed by atoms with Crippen LogP contribution in [0.4, 0.5) is 0 Å². The molecule has 0 atom stereocenters. The molecule has 0 aliphatic carbocycles. The summed E-state index contributed by atoms with van der Waals surface area (Å²) >= 11 is 0. The van der Waals surface area contributed by atoms with Crippen LogP contribution in [-0.2, 0) is 23.2 Å². The number of rotatable bonds is 6. The molecule has 1 N–H and O–H groups in total. The van der Waals surface area contributed by atoms with Gasteiger partial charge in [0.1, 0.15) is 12.1 Å². The zero-order valence-electron chi connectivity index (χ0n) is 14.8. The van der Waals surface area contributed by atoms with Gasteiger partial charge in [0.25, 0.3) is 0 Å². The highest BCUT2D eigenvalue weighted by Gasteiger charge is 2.19. The van der Waals surface area contributed by atoms with E-state index in [2.05, 4.69) is 36.1 Å². The number of aromatic nitrogens is 2. The molecule has 0 saturated carbocycles. The first-order valence-electron chi connectivity index (χ1n) is 8.18. The van der Waals surface area contributed by atoms with Crippen molar-refractivity contribution in [3.05, 3.63) is 53.6 Å². The molecule has 0 fully saturated rings. The zero-order chi connectivity index (χ0) is 17.6. The molecule has 0 radical (unpaired) electrons. The van der Waals surface area contributed by atoms with Crippen molar-refractivity contribution in [3.63, 3.8) is 0 Å². The van der Waals surface area contributed by atoms with Crippen molar-refractivity contribution < 1.29 is 9.53 Å². The Morgan fingerprint density at radius 3 is 2.54 bits per heavy atom. The van der Waals surface area contributed by atoms with Crippen molar-refractivity contribution in [3.8, 4) is 5.75 Å². The second-order valence-corrected chi connectivity index (χ2v) is 6.68. The van der Waals surface area contributed by atoms with Crippen LogP contribution in [0, 0.1) is 0 Å². The van der Waals surface area contributed by atoms with E-state index < -0.39 is 0 Å². The summed E-state index contributed by atoms with van der Waals surface area (Å²) in [6.07, 6.45) is 3.65. The summed E-state index contributed by atoms with van der Waals surface area (Å²) in [5.74, 6) is 0.792. The lowest BCUT2D eigenvalue weighted by molar-refractivity contribution is -0.120. The summed E-state index contributed by atoms with van der Waals surface area (Å²) in [6, 6.07) is 7.59. The smallest absolute Gasteiger partial charge is 0.224 e. The van der Waals surface area contributed by atoms with E-state index in [0.717, 1.165) is 22.6 Å². The van der Waals surface area contributed by atoms with Crippen LogP contribution in [0.1, 0.15) is 44.5 Å². The molecule has 2 rings (SSSR count). The summed E-state index contributed by atoms with van der Waals surface area (Å²) in [6.45, 7) is 9.31. The summed E-state index contributed by atoms with van der Waals surface area (Å²) in [4.78, 5) is 20.6. The van der Waals surface area contributed by atoms with Crippen LogP contribution in [-0.4, -0.2) is 22.5 Å². The summed E-state index contributed by atoms with van der Waals surface area (Å²) < 4.78 is 5.40. The SMILES string of the molecule is CCOc1ccc(CC(=O)NCc2cncnc2C(C)(C)C)cc1. The normalized spacial score (nSPS) is 11.2. The van der Waals surface area contributed by atoms with Crippen LogP contribution in [0.25, 0.3) is 0 Å². The molecule has 1 heterocycles. The maximum Gasteiger partial charge on any atom is 0.224 e. The van der Waals surface area contributed by atoms with Crippen molar-refractivity contribution in [2.75, 3.05) is 6.61 Å². The molecule has 0 unspecified atom stereocenters. The number of benzene rings is 1. The van der Waals surface area contributed by atoms with Gasteiger partial charge in [-0.1, -0.05) is 32.9 Å². The summed E-state index contributed by atoms with van der Waals surface area (Å²) in [7, 11) is 0. The van der Waals surface area contributed by atoms with E-state index in [4.69, 9.17) is 4.74 Å². The van der Waals surface area contributed by atoms with Gasteiger partial charge in [-0.2, -0.15) is 0 Å². The number of carbonyl (C=O) groups is 1. The van der Waals surface area contributed by atoms with Gasteiger partial charge >= 0.3 is 0 Å². The minimum Gasteiger partial charge on any atom is -0.494 e. The molecule has 0 aliphatic heterocycles. The predicted octanol–water partition coefficient (Wildman–Crippen LogP) is 3.03. The maximum absolute atomic E-state index is 12.2. The number of nitrogens with zero attached hydrogens (tertiary/aromatic N) is 2. The Hall–Kier alpha value is -2.43. The minimum absolute atomic E-state index is 0.0251. The largest absolute Gasteiger partial charge is 0.494 e. The van der Waals surface area contributed by atoms with Gasteiger partial charge in [-0.05, 0) is 24.6 Å². The van der Waals surface area contributed by atoms with E-state index in [9.17, 15) is 4.79 Å². The lowest BCUT2D eigenvalue weighted by Crippen LogP contribution is -2.27. The van der Waals surface area contributed by atoms with Gasteiger partial charge in [0, 0.05) is 23.7 Å². The highest BCUT2D eigenvalue weighted by molar-refractivity contribution is 5.78. The van der Waals surface area contributed by atoms with Crippen molar-refractivity contribution in [2.45, 2.75) is 46.1 Å². The first kappa shape index (κ1) is 17.9. The fourth-order valence-electron chi connectivity index (χ4n) is 2.48. The van der Waals surface area contributed by atoms with E-state index in [0.29, 0.717) is 19.6 Å². The Labute approximate surface area is 143 Å². The Balaban J connectivity index is 1.94. The highest BCUT2D eigenvalue weighted by Crippen LogP contribution is 2.22. The third-order valence-corrected chi connectivity index (χ3v) is 3.57. The monoisotopic (exact) mass is 327 g/mol. The maximum atomic E-state index is 12.2. The Bertz CT molecular complexity index is 676. The van der Waals surface area contributed by atoms with E-state index >= 15 is 0 Å². The molecule has 2 aromatic rings. The molecule has 0 bridgehead atoms. The van der Waals surface area contributed by atoms with E-state index in [1.807, 2.05) is 31.2 Å². The van der Waals surface area contributed by atoms with Crippen LogP contribution in [0.15, 0.2) is 36.8 Å². The quantitative estimate of drug-likeness (QED) is 0.886. The third kappa shape index (κ3) is 5.05. The van der Waals surface area contributed by atoms with Crippen molar-refractivity contribution in [1.29, 1.82) is 0 Å². The number of carbonyl (C=O) groups excluding carboxylic acids is 1. The second kappa shape index (κ2) is 7.90. The third-order valence-electron chi connectivity index (χ3n) is 3.57. The molecule has 5 heteroatoms. The minimum atomic E-state index is -0.0852. The topological polar surface area (TPSA) is 64.1 Å². The molecule has 128 valence electrons. The molecule has 1 aromatic heterocycles. The van der Waals surface area contributed by atoms with Gasteiger partial charge in [-0.25, -0.2) is 9.97 Å². The van der Waals surface area contributed by atoms with Crippen molar-refractivity contribution in [2.24, 2.45) is 0 Å². The molecule has 24 heavy (non-hydrogen) atoms. The standard InChI is InChI=1S/C19H25N3O2/c1-5-24-16-8-6-14(7-9-16)10-17(23)21-12-15-11-20-13-22-18(15)19(2,3)4/h6-9,11,13H,5,10,12H2,1-4H3,(H,21,23). The van der Waals surface area contributed by atoms with E-state index in [1.165, 1.54) is 0 Å². The summed E-state index contributed by atoms with van der Waals surface area (Å²) in [5.41, 5.74) is 2.78. The van der Waals surface area contributed by atoms with Gasteiger partial charge in [0.2, 0.25) is 5.91 Å². The van der Waals surface area contributed by atoms with Crippen molar-refractivity contribution in [1.82, 2.24) is 15.3 Å². The molecule has 1 aromatic carbocycles. The average molecular weight is 327 g/mol. The lowest BCUT2D eigenvalue weighted by atomic mass is 9.89. The molecular formula is C19H25N3O2. The number of hydrogen-bond donors (Lipinski definition) is 1. The fourth-order valence-corrected chi connectivity index (χ4v) is 2.48. The molecular weight excluding hydrogens is 302 g/mol. The van der Waals surface area contributed by atoms with Gasteiger partial charge in [-0.3, -0.25) is 4.79 Å². The van der Waals surface area contributed by atoms with Crippen molar-refractivity contribution >= 4 is 5.91 Å². The number of hydrogen-bond acceptors (Lipinski definition) is 4. The predicted molar refractivity (Wildman–Crippen MR) is 93.9 cm³/mol. The van der Waals surface area contributed by atoms with Gasteiger partial charge in [-0.15, -0.1) is 0 Å². The first-order chi connectivity index (χ1) is 11.4. The molecule has 5 nitrogen and oxygen atoms in total. The first-order valence-corrected chi connectivity index (χ1v) is 8.18.